The molecule has 0 saturated heterocycles. The molecule has 1 fully saturated rings. The fourth-order valence-electron chi connectivity index (χ4n) is 2.90. The summed E-state index contributed by atoms with van der Waals surface area (Å²) in [6.45, 7) is 3.40. The van der Waals surface area contributed by atoms with Gasteiger partial charge in [0.1, 0.15) is 0 Å². The van der Waals surface area contributed by atoms with E-state index in [1.54, 1.807) is 24.3 Å². The Bertz CT molecular complexity index is 540. The predicted octanol–water partition coefficient (Wildman–Crippen LogP) is 2.49. The van der Waals surface area contributed by atoms with Crippen LogP contribution in [-0.2, 0) is 9.59 Å². The van der Waals surface area contributed by atoms with Crippen LogP contribution in [0.15, 0.2) is 24.3 Å². The average molecular weight is 289 g/mol. The summed E-state index contributed by atoms with van der Waals surface area (Å²) in [5.41, 5.74) is 7.15. The van der Waals surface area contributed by atoms with Crippen LogP contribution >= 0.6 is 0 Å². The van der Waals surface area contributed by atoms with Crippen LogP contribution in [0.4, 0.5) is 11.4 Å². The fraction of sp³-hybridized carbons (Fsp3) is 0.500. The van der Waals surface area contributed by atoms with Crippen molar-refractivity contribution in [3.8, 4) is 0 Å². The number of rotatable bonds is 3. The first-order valence-corrected chi connectivity index (χ1v) is 7.36. The molecule has 1 aliphatic rings. The van der Waals surface area contributed by atoms with Crippen molar-refractivity contribution in [1.82, 2.24) is 0 Å². The van der Waals surface area contributed by atoms with Gasteiger partial charge in [-0.15, -0.1) is 0 Å². The predicted molar refractivity (Wildman–Crippen MR) is 83.9 cm³/mol. The summed E-state index contributed by atoms with van der Waals surface area (Å²) in [4.78, 5) is 23.5. The lowest BCUT2D eigenvalue weighted by atomic mass is 9.74. The molecule has 2 atom stereocenters. The zero-order valence-electron chi connectivity index (χ0n) is 12.6. The van der Waals surface area contributed by atoms with Gasteiger partial charge in [0.15, 0.2) is 0 Å². The first kappa shape index (κ1) is 15.5. The molecule has 1 aromatic carbocycles. The summed E-state index contributed by atoms with van der Waals surface area (Å²) in [6, 6.07) is 7.13. The van der Waals surface area contributed by atoms with Gasteiger partial charge in [0.2, 0.25) is 11.8 Å². The van der Waals surface area contributed by atoms with E-state index in [0.717, 1.165) is 25.7 Å². The maximum Gasteiger partial charge on any atom is 0.229 e. The number of nitrogens with one attached hydrogen (secondary N) is 2. The molecule has 2 unspecified atom stereocenters. The Hall–Kier alpha value is -1.88. The molecule has 2 rings (SSSR count). The van der Waals surface area contributed by atoms with Crippen LogP contribution in [0.2, 0.25) is 0 Å². The Labute approximate surface area is 125 Å². The first-order chi connectivity index (χ1) is 9.88. The van der Waals surface area contributed by atoms with E-state index >= 15 is 0 Å². The SMILES string of the molecule is CC(=O)Nc1cccc(NC(=O)C2CCCCC2(C)N)c1. The normalized spacial score (nSPS) is 25.2. The van der Waals surface area contributed by atoms with Crippen molar-refractivity contribution in [2.75, 3.05) is 10.6 Å². The van der Waals surface area contributed by atoms with Crippen molar-refractivity contribution >= 4 is 23.2 Å². The summed E-state index contributed by atoms with van der Waals surface area (Å²) in [5, 5.41) is 5.61. The lowest BCUT2D eigenvalue weighted by Crippen LogP contribution is -2.51. The van der Waals surface area contributed by atoms with Crippen LogP contribution in [0.3, 0.4) is 0 Å². The van der Waals surface area contributed by atoms with Gasteiger partial charge in [-0.1, -0.05) is 18.9 Å². The summed E-state index contributed by atoms with van der Waals surface area (Å²) in [6.07, 6.45) is 3.81. The molecule has 5 nitrogen and oxygen atoms in total. The Morgan fingerprint density at radius 2 is 1.90 bits per heavy atom. The van der Waals surface area contributed by atoms with Crippen LogP contribution in [0.5, 0.6) is 0 Å². The maximum absolute atomic E-state index is 12.4. The van der Waals surface area contributed by atoms with Crippen molar-refractivity contribution < 1.29 is 9.59 Å². The highest BCUT2D eigenvalue weighted by Gasteiger charge is 2.37. The van der Waals surface area contributed by atoms with Gasteiger partial charge >= 0.3 is 0 Å². The van der Waals surface area contributed by atoms with Gasteiger partial charge in [0, 0.05) is 23.8 Å². The molecule has 0 radical (unpaired) electrons. The average Bonchev–Trinajstić information content (AvgIpc) is 2.37. The van der Waals surface area contributed by atoms with Crippen molar-refractivity contribution in [2.24, 2.45) is 11.7 Å². The summed E-state index contributed by atoms with van der Waals surface area (Å²) < 4.78 is 0. The largest absolute Gasteiger partial charge is 0.326 e. The van der Waals surface area contributed by atoms with E-state index in [1.165, 1.54) is 6.92 Å². The van der Waals surface area contributed by atoms with Crippen molar-refractivity contribution in [2.45, 2.75) is 45.1 Å². The van der Waals surface area contributed by atoms with E-state index < -0.39 is 5.54 Å². The topological polar surface area (TPSA) is 84.2 Å². The Kier molecular flexibility index (Phi) is 4.63. The Morgan fingerprint density at radius 3 is 2.52 bits per heavy atom. The van der Waals surface area contributed by atoms with Crippen LogP contribution in [0, 0.1) is 5.92 Å². The lowest BCUT2D eigenvalue weighted by Gasteiger charge is -2.37. The molecule has 2 amide bonds. The number of carbonyl (C=O) groups excluding carboxylic acids is 2. The number of nitrogens with two attached hydrogens (primary N) is 1. The number of hydrogen-bond donors (Lipinski definition) is 3. The summed E-state index contributed by atoms with van der Waals surface area (Å²) in [7, 11) is 0. The minimum atomic E-state index is -0.447. The molecule has 1 saturated carbocycles. The van der Waals surface area contributed by atoms with Gasteiger partial charge in [0.05, 0.1) is 5.92 Å². The number of benzene rings is 1. The van der Waals surface area contributed by atoms with Crippen LogP contribution in [0.25, 0.3) is 0 Å². The molecule has 0 aliphatic heterocycles. The number of anilines is 2. The van der Waals surface area contributed by atoms with Crippen LogP contribution in [-0.4, -0.2) is 17.4 Å². The standard InChI is InChI=1S/C16H23N3O2/c1-11(20)18-12-6-5-7-13(10-12)19-15(21)14-8-3-4-9-16(14,2)17/h5-7,10,14H,3-4,8-9,17H2,1-2H3,(H,18,20)(H,19,21). The Morgan fingerprint density at radius 1 is 1.24 bits per heavy atom. The molecule has 0 bridgehead atoms. The lowest BCUT2D eigenvalue weighted by molar-refractivity contribution is -0.122. The van der Waals surface area contributed by atoms with Crippen LogP contribution < -0.4 is 16.4 Å². The molecule has 1 aromatic rings. The number of carbonyl (C=O) groups is 2. The fourth-order valence-corrected chi connectivity index (χ4v) is 2.90. The van der Waals surface area contributed by atoms with Gasteiger partial charge in [0.25, 0.3) is 0 Å². The minimum absolute atomic E-state index is 0.0420. The second kappa shape index (κ2) is 6.26. The molecule has 0 spiro atoms. The third-order valence-electron chi connectivity index (χ3n) is 4.02. The smallest absolute Gasteiger partial charge is 0.229 e. The molecule has 5 heteroatoms. The van der Waals surface area contributed by atoms with Gasteiger partial charge in [-0.3, -0.25) is 9.59 Å². The van der Waals surface area contributed by atoms with E-state index in [0.29, 0.717) is 11.4 Å². The second-order valence-corrected chi connectivity index (χ2v) is 6.06. The van der Waals surface area contributed by atoms with Crippen molar-refractivity contribution in [1.29, 1.82) is 0 Å². The van der Waals surface area contributed by atoms with E-state index in [1.807, 2.05) is 6.92 Å². The monoisotopic (exact) mass is 289 g/mol. The zero-order valence-corrected chi connectivity index (χ0v) is 12.6. The number of amides is 2. The third-order valence-corrected chi connectivity index (χ3v) is 4.02. The van der Waals surface area contributed by atoms with Crippen molar-refractivity contribution in [3.05, 3.63) is 24.3 Å². The highest BCUT2D eigenvalue weighted by atomic mass is 16.2. The molecular weight excluding hydrogens is 266 g/mol. The molecule has 0 heterocycles. The van der Waals surface area contributed by atoms with E-state index in [9.17, 15) is 9.59 Å². The molecule has 4 N–H and O–H groups in total. The van der Waals surface area contributed by atoms with Crippen LogP contribution in [0.1, 0.15) is 39.5 Å². The second-order valence-electron chi connectivity index (χ2n) is 6.06. The minimum Gasteiger partial charge on any atom is -0.326 e. The molecule has 114 valence electrons. The highest BCUT2D eigenvalue weighted by molar-refractivity contribution is 5.95. The van der Waals surface area contributed by atoms with Gasteiger partial charge in [-0.2, -0.15) is 0 Å². The van der Waals surface area contributed by atoms with E-state index in [-0.39, 0.29) is 17.7 Å². The Balaban J connectivity index is 2.07. The van der Waals surface area contributed by atoms with Crippen molar-refractivity contribution in [3.63, 3.8) is 0 Å². The molecule has 21 heavy (non-hydrogen) atoms. The number of hydrogen-bond acceptors (Lipinski definition) is 3. The third kappa shape index (κ3) is 4.04. The highest BCUT2D eigenvalue weighted by Crippen LogP contribution is 2.32. The molecular formula is C16H23N3O2. The molecule has 0 aromatic heterocycles. The first-order valence-electron chi connectivity index (χ1n) is 7.36. The summed E-state index contributed by atoms with van der Waals surface area (Å²) in [5.74, 6) is -0.351. The molecule has 1 aliphatic carbocycles. The van der Waals surface area contributed by atoms with E-state index in [4.69, 9.17) is 5.73 Å². The van der Waals surface area contributed by atoms with Gasteiger partial charge in [-0.25, -0.2) is 0 Å². The quantitative estimate of drug-likeness (QED) is 0.799. The summed E-state index contributed by atoms with van der Waals surface area (Å²) >= 11 is 0. The maximum atomic E-state index is 12.4. The van der Waals surface area contributed by atoms with E-state index in [2.05, 4.69) is 10.6 Å². The van der Waals surface area contributed by atoms with Gasteiger partial charge in [-0.05, 0) is 38.0 Å². The van der Waals surface area contributed by atoms with Gasteiger partial charge < -0.3 is 16.4 Å². The zero-order chi connectivity index (χ0) is 15.5.